The molecule has 1 saturated heterocycles. The van der Waals surface area contributed by atoms with Crippen molar-refractivity contribution < 1.29 is 67.4 Å². The van der Waals surface area contributed by atoms with Crippen molar-refractivity contribution >= 4 is 35.6 Å². The number of fused-ring (bicyclic) bond motifs is 5. The number of carbonyl (C=O) groups excluding carboxylic acids is 6. The Morgan fingerprint density at radius 3 is 1.94 bits per heavy atom. The number of rotatable bonds is 12. The summed E-state index contributed by atoms with van der Waals surface area (Å²) in [7, 11) is 0. The molecule has 3 aromatic carbocycles. The van der Waals surface area contributed by atoms with Crippen LogP contribution in [0.5, 0.6) is 0 Å². The SMILES string of the molecule is CC(=O)O[C@H]1C(=O)[C@]2(C)[C@@H](OC(C)C)C[C@H]3OC[C@@]3(OC(C)=O)[C@H]2[C@H](OC(=O)c2ccccc2)[C@]2(O)C[C@H](OC(=O)[C@H](O)[C@@H](NC(=O)c3ccccc3)c3ccccc3)C(C)=C1C2(C)C. The van der Waals surface area contributed by atoms with E-state index in [-0.39, 0.29) is 35.3 Å². The molecule has 65 heavy (non-hydrogen) atoms. The fourth-order valence-corrected chi connectivity index (χ4v) is 10.7. The zero-order chi connectivity index (χ0) is 47.2. The highest BCUT2D eigenvalue weighted by Crippen LogP contribution is 2.65. The van der Waals surface area contributed by atoms with E-state index in [0.29, 0.717) is 5.56 Å². The predicted octanol–water partition coefficient (Wildman–Crippen LogP) is 5.17. The molecule has 3 aromatic rings. The summed E-state index contributed by atoms with van der Waals surface area (Å²) in [5, 5.41) is 28.5. The van der Waals surface area contributed by atoms with Crippen molar-refractivity contribution in [3.05, 3.63) is 119 Å². The van der Waals surface area contributed by atoms with Crippen molar-refractivity contribution in [2.75, 3.05) is 6.61 Å². The lowest BCUT2D eigenvalue weighted by atomic mass is 9.44. The fraction of sp³-hybridized carbons (Fsp3) is 0.480. The Bertz CT molecular complexity index is 2350. The number of carbonyl (C=O) groups is 6. The normalized spacial score (nSPS) is 31.0. The van der Waals surface area contributed by atoms with Crippen LogP contribution in [0.1, 0.15) is 101 Å². The number of Topliss-reactive ketones (excluding diaryl/α,β-unsaturated/α-hetero) is 1. The summed E-state index contributed by atoms with van der Waals surface area (Å²) >= 11 is 0. The van der Waals surface area contributed by atoms with Gasteiger partial charge in [0, 0.05) is 37.7 Å². The van der Waals surface area contributed by atoms with Gasteiger partial charge in [-0.25, -0.2) is 9.59 Å². The predicted molar refractivity (Wildman–Crippen MR) is 232 cm³/mol. The lowest BCUT2D eigenvalue weighted by molar-refractivity contribution is -0.350. The first-order valence-electron chi connectivity index (χ1n) is 21.8. The number of aliphatic hydroxyl groups is 2. The third-order valence-electron chi connectivity index (χ3n) is 13.9. The van der Waals surface area contributed by atoms with Crippen LogP contribution in [-0.4, -0.2) is 106 Å². The third kappa shape index (κ3) is 8.28. The molecule has 0 aromatic heterocycles. The number of aliphatic hydroxyl groups excluding tert-OH is 1. The Morgan fingerprint density at radius 1 is 0.815 bits per heavy atom. The highest BCUT2D eigenvalue weighted by molar-refractivity contribution is 5.96. The van der Waals surface area contributed by atoms with E-state index in [1.165, 1.54) is 19.1 Å². The minimum absolute atomic E-state index is 0.0394. The van der Waals surface area contributed by atoms with Crippen LogP contribution in [0.15, 0.2) is 102 Å². The molecule has 15 heteroatoms. The molecule has 1 amide bonds. The number of amides is 1. The quantitative estimate of drug-likeness (QED) is 0.122. The van der Waals surface area contributed by atoms with E-state index < -0.39 is 119 Å². The Morgan fingerprint density at radius 2 is 1.40 bits per heavy atom. The molecule has 0 radical (unpaired) electrons. The van der Waals surface area contributed by atoms with Gasteiger partial charge in [-0.3, -0.25) is 19.2 Å². The number of hydrogen-bond donors (Lipinski definition) is 3. The zero-order valence-electron chi connectivity index (χ0n) is 37.8. The molecule has 2 saturated carbocycles. The van der Waals surface area contributed by atoms with Crippen LogP contribution in [0, 0.1) is 16.7 Å². The third-order valence-corrected chi connectivity index (χ3v) is 13.9. The van der Waals surface area contributed by atoms with Gasteiger partial charge in [0.2, 0.25) is 0 Å². The van der Waals surface area contributed by atoms with Crippen molar-refractivity contribution in [2.45, 2.75) is 128 Å². The van der Waals surface area contributed by atoms with Crippen LogP contribution in [-0.2, 0) is 47.6 Å². The first kappa shape index (κ1) is 47.2. The second-order valence-corrected chi connectivity index (χ2v) is 18.5. The van der Waals surface area contributed by atoms with Gasteiger partial charge in [0.15, 0.2) is 23.6 Å². The van der Waals surface area contributed by atoms with Gasteiger partial charge in [-0.05, 0) is 68.7 Å². The molecule has 2 bridgehead atoms. The van der Waals surface area contributed by atoms with Crippen LogP contribution in [0.25, 0.3) is 0 Å². The van der Waals surface area contributed by atoms with Crippen molar-refractivity contribution in [3.8, 4) is 0 Å². The van der Waals surface area contributed by atoms with E-state index in [9.17, 15) is 34.2 Å². The van der Waals surface area contributed by atoms with Crippen LogP contribution in [0.4, 0.5) is 0 Å². The van der Waals surface area contributed by atoms with Crippen molar-refractivity contribution in [1.29, 1.82) is 0 Å². The van der Waals surface area contributed by atoms with E-state index in [0.717, 1.165) is 6.92 Å². The van der Waals surface area contributed by atoms with E-state index in [1.807, 2.05) is 0 Å². The molecule has 3 N–H and O–H groups in total. The largest absolute Gasteiger partial charge is 0.456 e. The number of nitrogens with one attached hydrogen (secondary N) is 1. The topological polar surface area (TPSA) is 210 Å². The summed E-state index contributed by atoms with van der Waals surface area (Å²) in [6.45, 7) is 12.0. The minimum atomic E-state index is -2.35. The van der Waals surface area contributed by atoms with Gasteiger partial charge in [0.25, 0.3) is 5.91 Å². The number of esters is 4. The molecule has 11 atom stereocenters. The molecule has 1 heterocycles. The van der Waals surface area contributed by atoms with Gasteiger partial charge in [-0.2, -0.15) is 0 Å². The van der Waals surface area contributed by atoms with Crippen molar-refractivity contribution in [2.24, 2.45) is 16.7 Å². The van der Waals surface area contributed by atoms with Crippen LogP contribution in [0.2, 0.25) is 0 Å². The summed E-state index contributed by atoms with van der Waals surface area (Å²) in [5.74, 6) is -6.39. The minimum Gasteiger partial charge on any atom is -0.456 e. The monoisotopic (exact) mass is 895 g/mol. The molecule has 0 spiro atoms. The van der Waals surface area contributed by atoms with Gasteiger partial charge in [0.1, 0.15) is 23.9 Å². The fourth-order valence-electron chi connectivity index (χ4n) is 10.7. The number of benzene rings is 3. The highest BCUT2D eigenvalue weighted by Gasteiger charge is 2.78. The second kappa shape index (κ2) is 17.9. The average Bonchev–Trinajstić information content (AvgIpc) is 3.26. The van der Waals surface area contributed by atoms with E-state index in [2.05, 4.69) is 5.32 Å². The van der Waals surface area contributed by atoms with Gasteiger partial charge < -0.3 is 44.0 Å². The van der Waals surface area contributed by atoms with Crippen LogP contribution >= 0.6 is 0 Å². The zero-order valence-corrected chi connectivity index (χ0v) is 37.8. The number of ketones is 1. The molecule has 4 aliphatic rings. The average molecular weight is 896 g/mol. The maximum absolute atomic E-state index is 15.9. The van der Waals surface area contributed by atoms with Crippen molar-refractivity contribution in [3.63, 3.8) is 0 Å². The molecule has 3 aliphatic carbocycles. The van der Waals surface area contributed by atoms with E-state index in [4.69, 9.17) is 28.4 Å². The van der Waals surface area contributed by atoms with Crippen LogP contribution < -0.4 is 5.32 Å². The maximum atomic E-state index is 15.9. The molecule has 0 unspecified atom stereocenters. The molecule has 346 valence electrons. The number of ether oxygens (including phenoxy) is 6. The Kier molecular flexibility index (Phi) is 13.0. The number of hydrogen-bond acceptors (Lipinski definition) is 14. The summed E-state index contributed by atoms with van der Waals surface area (Å²) in [6, 6.07) is 23.2. The maximum Gasteiger partial charge on any atom is 0.338 e. The van der Waals surface area contributed by atoms with Crippen molar-refractivity contribution in [1.82, 2.24) is 5.32 Å². The van der Waals surface area contributed by atoms with Gasteiger partial charge >= 0.3 is 23.9 Å². The summed E-state index contributed by atoms with van der Waals surface area (Å²) in [6.07, 6.45) is -9.85. The Balaban J connectivity index is 1.41. The summed E-state index contributed by atoms with van der Waals surface area (Å²) in [5.41, 5.74) is -6.49. The lowest BCUT2D eigenvalue weighted by Gasteiger charge is -2.68. The first-order chi connectivity index (χ1) is 30.7. The van der Waals surface area contributed by atoms with Gasteiger partial charge in [-0.15, -0.1) is 0 Å². The lowest BCUT2D eigenvalue weighted by Crippen LogP contribution is -2.82. The smallest absolute Gasteiger partial charge is 0.338 e. The van der Waals surface area contributed by atoms with Crippen LogP contribution in [0.3, 0.4) is 0 Å². The Hall–Kier alpha value is -5.74. The van der Waals surface area contributed by atoms with Gasteiger partial charge in [0.05, 0.1) is 41.8 Å². The molecule has 3 fully saturated rings. The molecular weight excluding hydrogens is 839 g/mol. The molecule has 1 aliphatic heterocycles. The summed E-state index contributed by atoms with van der Waals surface area (Å²) < 4.78 is 37.6. The van der Waals surface area contributed by atoms with E-state index in [1.54, 1.807) is 120 Å². The van der Waals surface area contributed by atoms with E-state index >= 15 is 4.79 Å². The highest BCUT2D eigenvalue weighted by atomic mass is 16.6. The van der Waals surface area contributed by atoms with Gasteiger partial charge in [-0.1, -0.05) is 80.6 Å². The first-order valence-corrected chi connectivity index (χ1v) is 21.8. The summed E-state index contributed by atoms with van der Waals surface area (Å²) in [4.78, 5) is 84.7. The molecule has 7 rings (SSSR count). The standard InChI is InChI=1S/C50H57NO14/c1-27(2)61-35-24-36-49(26-60-36,65-30(5)53)41-43(64-45(57)33-22-16-11-17-23-33)50(59)25-34(28(3)37(47(50,6)7)40(62-29(4)52)42(55)48(35,41)8)63-46(58)39(54)38(31-18-12-9-13-19-31)51-44(56)32-20-14-10-15-21-32/h9-23,27,34-36,38-41,43,54,59H,24-26H2,1-8H3,(H,51,56)/t34-,35-,36+,38-,39+,40+,41-,43-,48+,49-,50+/m0/s1. The molecule has 15 nitrogen and oxygen atoms in total. The Labute approximate surface area is 377 Å². The molecular formula is C50H57NO14. The second-order valence-electron chi connectivity index (χ2n) is 18.5.